The number of aryl methyl sites for hydroxylation is 1. The van der Waals surface area contributed by atoms with Crippen LogP contribution in [0.1, 0.15) is 10.4 Å². The van der Waals surface area contributed by atoms with Gasteiger partial charge in [-0.15, -0.1) is 0 Å². The van der Waals surface area contributed by atoms with E-state index in [1.807, 2.05) is 36.4 Å². The average Bonchev–Trinajstić information content (AvgIpc) is 2.80. The monoisotopic (exact) mass is 259 g/mol. The quantitative estimate of drug-likeness (QED) is 0.467. The highest BCUT2D eigenvalue weighted by atomic mass is 16.1. The second kappa shape index (κ2) is 3.94. The molecule has 0 bridgehead atoms. The number of nitrogens with zero attached hydrogens (tertiary/aromatic N) is 1. The van der Waals surface area contributed by atoms with Crippen molar-refractivity contribution in [2.75, 3.05) is 0 Å². The van der Waals surface area contributed by atoms with Gasteiger partial charge in [-0.1, -0.05) is 42.5 Å². The van der Waals surface area contributed by atoms with Gasteiger partial charge in [0.15, 0.2) is 6.29 Å². The molecule has 2 nitrogen and oxygen atoms in total. The Kier molecular flexibility index (Phi) is 2.21. The molecule has 0 radical (unpaired) electrons. The summed E-state index contributed by atoms with van der Waals surface area (Å²) in [6, 6.07) is 18.4. The number of carbonyl (C=O) groups is 1. The van der Waals surface area contributed by atoms with Gasteiger partial charge in [0, 0.05) is 34.3 Å². The van der Waals surface area contributed by atoms with Crippen molar-refractivity contribution in [3.63, 3.8) is 0 Å². The largest absolute Gasteiger partial charge is 0.343 e. The van der Waals surface area contributed by atoms with Crippen LogP contribution in [0.25, 0.3) is 32.6 Å². The van der Waals surface area contributed by atoms with Crippen LogP contribution in [-0.2, 0) is 7.05 Å². The molecule has 1 aromatic heterocycles. The van der Waals surface area contributed by atoms with Crippen LogP contribution in [0.2, 0.25) is 0 Å². The van der Waals surface area contributed by atoms with Crippen LogP contribution in [0.4, 0.5) is 0 Å². The maximum Gasteiger partial charge on any atom is 0.150 e. The van der Waals surface area contributed by atoms with E-state index < -0.39 is 0 Å². The first-order chi connectivity index (χ1) is 9.81. The molecule has 0 saturated heterocycles. The minimum absolute atomic E-state index is 0.754. The SMILES string of the molecule is Cn1c2ccccc2c2cc(C=O)c3ccccc3c21. The van der Waals surface area contributed by atoms with Gasteiger partial charge in [-0.25, -0.2) is 0 Å². The average molecular weight is 259 g/mol. The molecule has 0 amide bonds. The highest BCUT2D eigenvalue weighted by Gasteiger charge is 2.13. The van der Waals surface area contributed by atoms with Gasteiger partial charge < -0.3 is 4.57 Å². The van der Waals surface area contributed by atoms with Gasteiger partial charge in [-0.05, 0) is 17.5 Å². The van der Waals surface area contributed by atoms with E-state index in [4.69, 9.17) is 0 Å². The van der Waals surface area contributed by atoms with Crippen molar-refractivity contribution in [3.05, 3.63) is 60.2 Å². The third-order valence-corrected chi connectivity index (χ3v) is 4.07. The molecule has 96 valence electrons. The molecule has 0 spiro atoms. The predicted octanol–water partition coefficient (Wildman–Crippen LogP) is 4.30. The first kappa shape index (κ1) is 11.2. The first-order valence-corrected chi connectivity index (χ1v) is 6.65. The molecule has 20 heavy (non-hydrogen) atoms. The van der Waals surface area contributed by atoms with Gasteiger partial charge in [0.25, 0.3) is 0 Å². The maximum atomic E-state index is 11.4. The van der Waals surface area contributed by atoms with E-state index in [-0.39, 0.29) is 0 Å². The van der Waals surface area contributed by atoms with Crippen LogP contribution in [-0.4, -0.2) is 10.9 Å². The summed E-state index contributed by atoms with van der Waals surface area (Å²) < 4.78 is 2.21. The summed E-state index contributed by atoms with van der Waals surface area (Å²) in [5.41, 5.74) is 3.13. The molecule has 0 N–H and O–H groups in total. The Balaban J connectivity index is 2.40. The van der Waals surface area contributed by atoms with E-state index in [0.717, 1.165) is 28.0 Å². The number of carbonyl (C=O) groups excluding carboxylic acids is 1. The van der Waals surface area contributed by atoms with Crippen LogP contribution in [0.5, 0.6) is 0 Å². The lowest BCUT2D eigenvalue weighted by atomic mass is 10.0. The van der Waals surface area contributed by atoms with Gasteiger partial charge in [0.05, 0.1) is 5.52 Å². The molecule has 0 aliphatic heterocycles. The van der Waals surface area contributed by atoms with Crippen LogP contribution in [0, 0.1) is 0 Å². The number of rotatable bonds is 1. The summed E-state index contributed by atoms with van der Waals surface area (Å²) >= 11 is 0. The third-order valence-electron chi connectivity index (χ3n) is 4.07. The Morgan fingerprint density at radius 2 is 1.50 bits per heavy atom. The molecular formula is C18H13NO. The molecule has 2 heteroatoms. The van der Waals surface area contributed by atoms with Crippen molar-refractivity contribution in [1.82, 2.24) is 4.57 Å². The molecule has 0 saturated carbocycles. The van der Waals surface area contributed by atoms with Crippen LogP contribution < -0.4 is 0 Å². The van der Waals surface area contributed by atoms with Crippen molar-refractivity contribution < 1.29 is 4.79 Å². The molecule has 4 aromatic rings. The Morgan fingerprint density at radius 3 is 2.25 bits per heavy atom. The number of hydrogen-bond donors (Lipinski definition) is 0. The smallest absolute Gasteiger partial charge is 0.150 e. The molecule has 0 fully saturated rings. The number of para-hydroxylation sites is 1. The van der Waals surface area contributed by atoms with Gasteiger partial charge in [0.2, 0.25) is 0 Å². The summed E-state index contributed by atoms with van der Waals surface area (Å²) in [6.45, 7) is 0. The van der Waals surface area contributed by atoms with E-state index in [9.17, 15) is 4.79 Å². The molecule has 0 aliphatic carbocycles. The lowest BCUT2D eigenvalue weighted by Gasteiger charge is -2.05. The van der Waals surface area contributed by atoms with Gasteiger partial charge in [0.1, 0.15) is 0 Å². The number of fused-ring (bicyclic) bond motifs is 5. The second-order valence-electron chi connectivity index (χ2n) is 5.10. The van der Waals surface area contributed by atoms with Crippen molar-refractivity contribution in [2.45, 2.75) is 0 Å². The summed E-state index contributed by atoms with van der Waals surface area (Å²) in [4.78, 5) is 11.4. The summed E-state index contributed by atoms with van der Waals surface area (Å²) in [5, 5.41) is 4.48. The third kappa shape index (κ3) is 1.31. The Morgan fingerprint density at radius 1 is 0.850 bits per heavy atom. The zero-order chi connectivity index (χ0) is 13.7. The van der Waals surface area contributed by atoms with Crippen molar-refractivity contribution in [1.29, 1.82) is 0 Å². The Labute approximate surface area is 116 Å². The van der Waals surface area contributed by atoms with Crippen molar-refractivity contribution in [2.24, 2.45) is 7.05 Å². The zero-order valence-electron chi connectivity index (χ0n) is 11.1. The number of benzene rings is 3. The van der Waals surface area contributed by atoms with Gasteiger partial charge in [-0.2, -0.15) is 0 Å². The highest BCUT2D eigenvalue weighted by Crippen LogP contribution is 2.34. The minimum Gasteiger partial charge on any atom is -0.343 e. The Bertz CT molecular complexity index is 979. The van der Waals surface area contributed by atoms with E-state index in [1.165, 1.54) is 16.4 Å². The standard InChI is InChI=1S/C18H13NO/c1-19-17-9-5-4-7-14(17)16-10-12(11-20)13-6-2-3-8-15(13)18(16)19/h2-11H,1H3. The molecule has 0 aliphatic rings. The topological polar surface area (TPSA) is 22.0 Å². The fourth-order valence-electron chi connectivity index (χ4n) is 3.17. The van der Waals surface area contributed by atoms with Crippen LogP contribution >= 0.6 is 0 Å². The second-order valence-corrected chi connectivity index (χ2v) is 5.10. The summed E-state index contributed by atoms with van der Waals surface area (Å²) in [5.74, 6) is 0. The summed E-state index contributed by atoms with van der Waals surface area (Å²) in [7, 11) is 2.08. The molecular weight excluding hydrogens is 246 g/mol. The highest BCUT2D eigenvalue weighted by molar-refractivity contribution is 6.20. The number of aromatic nitrogens is 1. The maximum absolute atomic E-state index is 11.4. The number of aldehydes is 1. The van der Waals surface area contributed by atoms with Gasteiger partial charge in [-0.3, -0.25) is 4.79 Å². The van der Waals surface area contributed by atoms with Crippen LogP contribution in [0.3, 0.4) is 0 Å². The normalized spacial score (nSPS) is 11.4. The fraction of sp³-hybridized carbons (Fsp3) is 0.0556. The predicted molar refractivity (Wildman–Crippen MR) is 83.3 cm³/mol. The van der Waals surface area contributed by atoms with E-state index in [1.54, 1.807) is 0 Å². The fourth-order valence-corrected chi connectivity index (χ4v) is 3.17. The number of hydrogen-bond acceptors (Lipinski definition) is 1. The van der Waals surface area contributed by atoms with E-state index in [0.29, 0.717) is 0 Å². The molecule has 0 atom stereocenters. The van der Waals surface area contributed by atoms with E-state index >= 15 is 0 Å². The lowest BCUT2D eigenvalue weighted by Crippen LogP contribution is -1.90. The molecule has 0 unspecified atom stereocenters. The zero-order valence-corrected chi connectivity index (χ0v) is 11.1. The Hall–Kier alpha value is -2.61. The van der Waals surface area contributed by atoms with Crippen molar-refractivity contribution >= 4 is 38.9 Å². The van der Waals surface area contributed by atoms with Crippen LogP contribution in [0.15, 0.2) is 54.6 Å². The minimum atomic E-state index is 0.754. The van der Waals surface area contributed by atoms with E-state index in [2.05, 4.69) is 29.8 Å². The summed E-state index contributed by atoms with van der Waals surface area (Å²) in [6.07, 6.45) is 0.948. The van der Waals surface area contributed by atoms with Gasteiger partial charge >= 0.3 is 0 Å². The lowest BCUT2D eigenvalue weighted by molar-refractivity contribution is 0.112. The molecule has 3 aromatic carbocycles. The van der Waals surface area contributed by atoms with Crippen molar-refractivity contribution in [3.8, 4) is 0 Å². The molecule has 1 heterocycles. The molecule has 4 rings (SSSR count). The first-order valence-electron chi connectivity index (χ1n) is 6.65.